The van der Waals surface area contributed by atoms with E-state index in [0.717, 1.165) is 42.6 Å². The summed E-state index contributed by atoms with van der Waals surface area (Å²) < 4.78 is 0. The van der Waals surface area contributed by atoms with Crippen molar-refractivity contribution in [2.75, 3.05) is 24.5 Å². The number of imidazole rings is 1. The summed E-state index contributed by atoms with van der Waals surface area (Å²) in [6.07, 6.45) is 4.28. The molecule has 14 heteroatoms. The summed E-state index contributed by atoms with van der Waals surface area (Å²) in [7, 11) is 0. The number of H-pyrrole nitrogens is 1. The van der Waals surface area contributed by atoms with Gasteiger partial charge in [-0.05, 0) is 44.7 Å². The Morgan fingerprint density at radius 1 is 1.05 bits per heavy atom. The number of rotatable bonds is 4. The van der Waals surface area contributed by atoms with Gasteiger partial charge in [0.05, 0.1) is 11.9 Å². The monoisotopic (exact) mass is 535 g/mol. The molecule has 0 radical (unpaired) electrons. The minimum atomic E-state index is -0.250. The van der Waals surface area contributed by atoms with Crippen molar-refractivity contribution in [3.63, 3.8) is 0 Å². The molecule has 1 aromatic carbocycles. The highest BCUT2D eigenvalue weighted by molar-refractivity contribution is 5.77. The molecule has 14 nitrogen and oxygen atoms in total. The van der Waals surface area contributed by atoms with Gasteiger partial charge in [0.15, 0.2) is 11.5 Å². The number of aromatic amines is 1. The summed E-state index contributed by atoms with van der Waals surface area (Å²) >= 11 is 0. The van der Waals surface area contributed by atoms with Gasteiger partial charge in [-0.1, -0.05) is 6.07 Å². The average molecular weight is 536 g/mol. The second-order valence-electron chi connectivity index (χ2n) is 9.08. The Bertz CT molecular complexity index is 1430. The summed E-state index contributed by atoms with van der Waals surface area (Å²) in [6.45, 7) is 6.00. The van der Waals surface area contributed by atoms with Crippen molar-refractivity contribution < 1.29 is 24.9 Å². The number of aromatic nitrogens is 7. The first kappa shape index (κ1) is 27.3. The lowest BCUT2D eigenvalue weighted by molar-refractivity contribution is -0.123. The summed E-state index contributed by atoms with van der Waals surface area (Å²) in [5, 5.41) is 36.8. The molecule has 0 unspecified atom stereocenters. The lowest BCUT2D eigenvalue weighted by atomic mass is 10.1. The quantitative estimate of drug-likeness (QED) is 0.237. The Kier molecular flexibility index (Phi) is 8.56. The summed E-state index contributed by atoms with van der Waals surface area (Å²) in [5.41, 5.74) is 4.03. The van der Waals surface area contributed by atoms with Crippen molar-refractivity contribution in [1.29, 1.82) is 0 Å². The van der Waals surface area contributed by atoms with E-state index in [1.165, 1.54) is 12.8 Å². The smallest absolute Gasteiger partial charge is 0.290 e. The number of nitrogens with one attached hydrogen (secondary N) is 2. The number of hydrogen-bond acceptors (Lipinski definition) is 11. The van der Waals surface area contributed by atoms with E-state index in [9.17, 15) is 5.11 Å². The summed E-state index contributed by atoms with van der Waals surface area (Å²) in [6, 6.07) is 5.81. The van der Waals surface area contributed by atoms with E-state index in [4.69, 9.17) is 19.8 Å². The van der Waals surface area contributed by atoms with E-state index >= 15 is 0 Å². The van der Waals surface area contributed by atoms with Gasteiger partial charge in [-0.25, -0.2) is 19.9 Å². The largest absolute Gasteiger partial charge is 0.507 e. The van der Waals surface area contributed by atoms with Crippen molar-refractivity contribution in [2.45, 2.75) is 32.7 Å². The summed E-state index contributed by atoms with van der Waals surface area (Å²) in [5.74, 6) is 2.79. The fraction of sp³-hybridized carbons (Fsp3) is 0.360. The highest BCUT2D eigenvalue weighted by Crippen LogP contribution is 2.34. The molecule has 39 heavy (non-hydrogen) atoms. The molecule has 1 saturated carbocycles. The normalized spacial score (nSPS) is 16.5. The molecule has 0 bridgehead atoms. The predicted molar refractivity (Wildman–Crippen MR) is 141 cm³/mol. The van der Waals surface area contributed by atoms with Crippen LogP contribution in [0.4, 0.5) is 5.95 Å². The molecule has 6 rings (SSSR count). The SMILES string of the molecule is Cc1nc2nc(-c3ccc(-c4cnc(N5CCN[C@@H](C6CC6)C5)nn4)c(O)c3)nc(C)c2[nH]1.O=CO.O=CO. The third kappa shape index (κ3) is 6.41. The molecule has 1 aliphatic heterocycles. The van der Waals surface area contributed by atoms with Crippen molar-refractivity contribution >= 4 is 30.1 Å². The van der Waals surface area contributed by atoms with E-state index in [1.54, 1.807) is 18.3 Å². The van der Waals surface area contributed by atoms with Gasteiger partial charge < -0.3 is 30.5 Å². The zero-order valence-electron chi connectivity index (χ0n) is 21.4. The van der Waals surface area contributed by atoms with Gasteiger partial charge in [-0.2, -0.15) is 0 Å². The first-order valence-electron chi connectivity index (χ1n) is 12.3. The number of hydrogen-bond donors (Lipinski definition) is 5. The van der Waals surface area contributed by atoms with Gasteiger partial charge in [-0.3, -0.25) is 9.59 Å². The van der Waals surface area contributed by atoms with E-state index in [0.29, 0.717) is 40.3 Å². The minimum absolute atomic E-state index is 0.0758. The standard InChI is InChI=1S/C23H25N9O.2CH2O2/c1-12-20-22(28-13(2)27-20)29-21(26-12)15-5-6-16(19(33)9-15)17-10-25-23(31-30-17)32-8-7-24-18(11-32)14-3-4-14;2*2-1-3/h5-6,9-10,14,18,24,33H,3-4,7-8,11H2,1-2H3,(H,26,27,28,29);2*1H,(H,2,3)/t18-;;/m1../s1. The van der Waals surface area contributed by atoms with Gasteiger partial charge in [-0.15, -0.1) is 10.2 Å². The lowest BCUT2D eigenvalue weighted by Crippen LogP contribution is -2.52. The van der Waals surface area contributed by atoms with Gasteiger partial charge >= 0.3 is 0 Å². The molecule has 1 aliphatic carbocycles. The number of benzene rings is 1. The van der Waals surface area contributed by atoms with Crippen molar-refractivity contribution in [1.82, 2.24) is 40.4 Å². The van der Waals surface area contributed by atoms with Crippen molar-refractivity contribution in [2.24, 2.45) is 5.92 Å². The number of aryl methyl sites for hydroxylation is 2. The lowest BCUT2D eigenvalue weighted by Gasteiger charge is -2.33. The predicted octanol–water partition coefficient (Wildman–Crippen LogP) is 1.78. The first-order valence-corrected chi connectivity index (χ1v) is 12.3. The first-order chi connectivity index (χ1) is 18.9. The third-order valence-electron chi connectivity index (χ3n) is 6.41. The van der Waals surface area contributed by atoms with Crippen LogP contribution in [0, 0.1) is 19.8 Å². The van der Waals surface area contributed by atoms with Gasteiger partial charge in [0, 0.05) is 36.8 Å². The molecule has 204 valence electrons. The number of aromatic hydroxyl groups is 1. The maximum Gasteiger partial charge on any atom is 0.290 e. The van der Waals surface area contributed by atoms with Crippen LogP contribution < -0.4 is 10.2 Å². The number of phenols is 1. The molecule has 3 aromatic heterocycles. The number of phenolic OH excluding ortho intramolecular Hbond substituents is 1. The van der Waals surface area contributed by atoms with Crippen LogP contribution in [0.1, 0.15) is 24.4 Å². The maximum atomic E-state index is 10.7. The average Bonchev–Trinajstić information content (AvgIpc) is 3.71. The number of piperazine rings is 1. The maximum absolute atomic E-state index is 10.7. The highest BCUT2D eigenvalue weighted by Gasteiger charge is 2.34. The van der Waals surface area contributed by atoms with E-state index in [2.05, 4.69) is 45.3 Å². The van der Waals surface area contributed by atoms with Crippen LogP contribution >= 0.6 is 0 Å². The summed E-state index contributed by atoms with van der Waals surface area (Å²) in [4.78, 5) is 40.1. The number of carbonyl (C=O) groups is 2. The Labute approximate surface area is 223 Å². The molecule has 1 atom stereocenters. The molecule has 1 saturated heterocycles. The molecule has 4 heterocycles. The molecule has 5 N–H and O–H groups in total. The Balaban J connectivity index is 0.000000541. The van der Waals surface area contributed by atoms with E-state index < -0.39 is 0 Å². The number of anilines is 1. The molecular formula is C25H29N9O5. The third-order valence-corrected chi connectivity index (χ3v) is 6.41. The van der Waals surface area contributed by atoms with Crippen LogP contribution in [0.5, 0.6) is 5.75 Å². The topological polar surface area (TPSA) is 203 Å². The van der Waals surface area contributed by atoms with E-state index in [-0.39, 0.29) is 18.7 Å². The van der Waals surface area contributed by atoms with Gasteiger partial charge in [0.1, 0.15) is 22.8 Å². The van der Waals surface area contributed by atoms with Crippen LogP contribution in [0.15, 0.2) is 24.4 Å². The Morgan fingerprint density at radius 3 is 2.44 bits per heavy atom. The zero-order chi connectivity index (χ0) is 27.9. The van der Waals surface area contributed by atoms with Crippen LogP contribution in [0.25, 0.3) is 33.8 Å². The van der Waals surface area contributed by atoms with Crippen LogP contribution in [-0.4, -0.2) is 89.1 Å². The van der Waals surface area contributed by atoms with Crippen molar-refractivity contribution in [3.05, 3.63) is 35.9 Å². The Hall–Kier alpha value is -4.72. The number of fused-ring (bicyclic) bond motifs is 1. The molecular weight excluding hydrogens is 506 g/mol. The van der Waals surface area contributed by atoms with Crippen molar-refractivity contribution in [3.8, 4) is 28.4 Å². The molecule has 0 amide bonds. The number of nitrogens with zero attached hydrogens (tertiary/aromatic N) is 7. The van der Waals surface area contributed by atoms with Gasteiger partial charge in [0.2, 0.25) is 5.95 Å². The fourth-order valence-corrected chi connectivity index (χ4v) is 4.48. The Morgan fingerprint density at radius 2 is 1.79 bits per heavy atom. The molecule has 4 aromatic rings. The van der Waals surface area contributed by atoms with Crippen LogP contribution in [0.3, 0.4) is 0 Å². The van der Waals surface area contributed by atoms with Crippen LogP contribution in [-0.2, 0) is 9.59 Å². The van der Waals surface area contributed by atoms with E-state index in [1.807, 2.05) is 19.9 Å². The fourth-order valence-electron chi connectivity index (χ4n) is 4.48. The number of carboxylic acid groups (broad SMARTS) is 2. The second kappa shape index (κ2) is 12.2. The minimum Gasteiger partial charge on any atom is -0.507 e. The highest BCUT2D eigenvalue weighted by atomic mass is 16.3. The zero-order valence-corrected chi connectivity index (χ0v) is 21.4. The molecule has 2 aliphatic rings. The molecule has 2 fully saturated rings. The van der Waals surface area contributed by atoms with Crippen LogP contribution in [0.2, 0.25) is 0 Å². The second-order valence-corrected chi connectivity index (χ2v) is 9.08. The molecule has 0 spiro atoms. The van der Waals surface area contributed by atoms with Gasteiger partial charge in [0.25, 0.3) is 12.9 Å².